The number of anilines is 2. The number of nitrogens with one attached hydrogen (secondary N) is 1. The predicted molar refractivity (Wildman–Crippen MR) is 92.4 cm³/mol. The number of benzene rings is 1. The molecule has 1 N–H and O–H groups in total. The molecule has 2 heterocycles. The van der Waals surface area contributed by atoms with E-state index in [1.54, 1.807) is 45.9 Å². The summed E-state index contributed by atoms with van der Waals surface area (Å²) in [6, 6.07) is 7.21. The van der Waals surface area contributed by atoms with Gasteiger partial charge in [0.25, 0.3) is 0 Å². The number of methoxy groups -OCH3 is 3. The molecule has 0 fully saturated rings. The Hall–Kier alpha value is -3.42. The zero-order chi connectivity index (χ0) is 17.6. The minimum Gasteiger partial charge on any atom is -0.493 e. The molecule has 0 spiro atoms. The predicted octanol–water partition coefficient (Wildman–Crippen LogP) is 2.70. The van der Waals surface area contributed by atoms with Gasteiger partial charge in [-0.2, -0.15) is 4.98 Å². The Morgan fingerprint density at radius 1 is 0.880 bits per heavy atom. The van der Waals surface area contributed by atoms with Gasteiger partial charge in [-0.05, 0) is 12.1 Å². The van der Waals surface area contributed by atoms with Gasteiger partial charge in [0.05, 0.1) is 21.3 Å². The SMILES string of the molecule is COc1cc(Nc2ncnc(-c3ccncc3)n2)cc(OC)c1OC. The Morgan fingerprint density at radius 2 is 1.56 bits per heavy atom. The molecule has 0 saturated heterocycles. The average Bonchev–Trinajstić information content (AvgIpc) is 2.68. The van der Waals surface area contributed by atoms with Gasteiger partial charge in [0, 0.05) is 35.8 Å². The summed E-state index contributed by atoms with van der Waals surface area (Å²) >= 11 is 0. The Bertz CT molecular complexity index is 833. The van der Waals surface area contributed by atoms with Crippen LogP contribution in [0.15, 0.2) is 43.0 Å². The van der Waals surface area contributed by atoms with Gasteiger partial charge in [-0.1, -0.05) is 0 Å². The van der Waals surface area contributed by atoms with Gasteiger partial charge in [0.1, 0.15) is 6.33 Å². The second kappa shape index (κ2) is 7.43. The van der Waals surface area contributed by atoms with Gasteiger partial charge in [-0.15, -0.1) is 0 Å². The first kappa shape index (κ1) is 16.4. The number of rotatable bonds is 6. The molecule has 3 aromatic rings. The molecule has 0 amide bonds. The third kappa shape index (κ3) is 3.57. The maximum Gasteiger partial charge on any atom is 0.230 e. The molecular formula is C17H17N5O3. The quantitative estimate of drug-likeness (QED) is 0.733. The van der Waals surface area contributed by atoms with Crippen LogP contribution in [0, 0.1) is 0 Å². The Kier molecular flexibility index (Phi) is 4.89. The third-order valence-corrected chi connectivity index (χ3v) is 3.43. The van der Waals surface area contributed by atoms with Crippen LogP contribution in [0.3, 0.4) is 0 Å². The zero-order valence-electron chi connectivity index (χ0n) is 14.1. The van der Waals surface area contributed by atoms with E-state index in [9.17, 15) is 0 Å². The second-order valence-corrected chi connectivity index (χ2v) is 4.91. The largest absolute Gasteiger partial charge is 0.493 e. The van der Waals surface area contributed by atoms with E-state index < -0.39 is 0 Å². The van der Waals surface area contributed by atoms with Crippen molar-refractivity contribution in [3.63, 3.8) is 0 Å². The molecule has 1 aromatic carbocycles. The van der Waals surface area contributed by atoms with Crippen molar-refractivity contribution in [3.05, 3.63) is 43.0 Å². The lowest BCUT2D eigenvalue weighted by atomic mass is 10.2. The Labute approximate surface area is 144 Å². The summed E-state index contributed by atoms with van der Waals surface area (Å²) in [6.07, 6.45) is 4.82. The maximum atomic E-state index is 5.35. The van der Waals surface area contributed by atoms with Crippen LogP contribution >= 0.6 is 0 Å². The molecule has 128 valence electrons. The van der Waals surface area contributed by atoms with Crippen molar-refractivity contribution in [2.24, 2.45) is 0 Å². The van der Waals surface area contributed by atoms with E-state index in [-0.39, 0.29) is 0 Å². The molecule has 25 heavy (non-hydrogen) atoms. The van der Waals surface area contributed by atoms with Crippen LogP contribution in [0.5, 0.6) is 17.2 Å². The lowest BCUT2D eigenvalue weighted by Gasteiger charge is -2.14. The first-order valence-electron chi connectivity index (χ1n) is 7.41. The highest BCUT2D eigenvalue weighted by molar-refractivity contribution is 5.66. The Morgan fingerprint density at radius 3 is 2.16 bits per heavy atom. The van der Waals surface area contributed by atoms with Gasteiger partial charge in [0.2, 0.25) is 11.7 Å². The van der Waals surface area contributed by atoms with Crippen molar-refractivity contribution in [3.8, 4) is 28.6 Å². The smallest absolute Gasteiger partial charge is 0.230 e. The molecular weight excluding hydrogens is 322 g/mol. The van der Waals surface area contributed by atoms with Crippen LogP contribution < -0.4 is 19.5 Å². The molecule has 8 heteroatoms. The summed E-state index contributed by atoms with van der Waals surface area (Å²) in [5, 5.41) is 3.12. The second-order valence-electron chi connectivity index (χ2n) is 4.91. The summed E-state index contributed by atoms with van der Waals surface area (Å²) in [5.41, 5.74) is 1.55. The standard InChI is InChI=1S/C17H17N5O3/c1-23-13-8-12(9-14(24-2)15(13)25-3)21-17-20-10-19-16(22-17)11-4-6-18-7-5-11/h4-10H,1-3H3,(H,19,20,21,22). The molecule has 0 radical (unpaired) electrons. The van der Waals surface area contributed by atoms with Gasteiger partial charge >= 0.3 is 0 Å². The number of nitrogens with zero attached hydrogens (tertiary/aromatic N) is 4. The molecule has 0 unspecified atom stereocenters. The van der Waals surface area contributed by atoms with Crippen molar-refractivity contribution >= 4 is 11.6 Å². The Balaban J connectivity index is 1.93. The molecule has 0 saturated carbocycles. The zero-order valence-corrected chi connectivity index (χ0v) is 14.1. The highest BCUT2D eigenvalue weighted by Gasteiger charge is 2.14. The van der Waals surface area contributed by atoms with Crippen LogP contribution in [0.1, 0.15) is 0 Å². The van der Waals surface area contributed by atoms with E-state index in [2.05, 4.69) is 25.3 Å². The normalized spacial score (nSPS) is 10.2. The van der Waals surface area contributed by atoms with E-state index in [1.165, 1.54) is 6.33 Å². The molecule has 3 rings (SSSR count). The van der Waals surface area contributed by atoms with E-state index >= 15 is 0 Å². The topological polar surface area (TPSA) is 91.3 Å². The number of pyridine rings is 1. The molecule has 8 nitrogen and oxygen atoms in total. The molecule has 0 aliphatic heterocycles. The van der Waals surface area contributed by atoms with Crippen molar-refractivity contribution < 1.29 is 14.2 Å². The summed E-state index contributed by atoms with van der Waals surface area (Å²) in [7, 11) is 4.68. The molecule has 0 atom stereocenters. The summed E-state index contributed by atoms with van der Waals surface area (Å²) in [5.74, 6) is 2.53. The minimum atomic E-state index is 0.399. The monoisotopic (exact) mass is 339 g/mol. The van der Waals surface area contributed by atoms with Crippen LogP contribution in [0.4, 0.5) is 11.6 Å². The highest BCUT2D eigenvalue weighted by atomic mass is 16.5. The van der Waals surface area contributed by atoms with E-state index in [4.69, 9.17) is 14.2 Å². The summed E-state index contributed by atoms with van der Waals surface area (Å²) in [4.78, 5) is 16.7. The van der Waals surface area contributed by atoms with Crippen LogP contribution in [0.25, 0.3) is 11.4 Å². The number of aromatic nitrogens is 4. The van der Waals surface area contributed by atoms with Gasteiger partial charge in [-0.25, -0.2) is 9.97 Å². The van der Waals surface area contributed by atoms with Crippen LogP contribution in [0.2, 0.25) is 0 Å². The van der Waals surface area contributed by atoms with E-state index in [0.29, 0.717) is 34.7 Å². The summed E-state index contributed by atoms with van der Waals surface area (Å²) in [6.45, 7) is 0. The first-order valence-corrected chi connectivity index (χ1v) is 7.41. The van der Waals surface area contributed by atoms with Crippen LogP contribution in [-0.2, 0) is 0 Å². The molecule has 0 aliphatic carbocycles. The van der Waals surface area contributed by atoms with Crippen molar-refractivity contribution in [2.75, 3.05) is 26.6 Å². The maximum absolute atomic E-state index is 5.35. The first-order chi connectivity index (χ1) is 12.2. The lowest BCUT2D eigenvalue weighted by molar-refractivity contribution is 0.324. The van der Waals surface area contributed by atoms with Gasteiger partial charge < -0.3 is 19.5 Å². The van der Waals surface area contributed by atoms with Gasteiger partial charge in [0.15, 0.2) is 17.3 Å². The third-order valence-electron chi connectivity index (χ3n) is 3.43. The fourth-order valence-electron chi connectivity index (χ4n) is 2.28. The number of ether oxygens (including phenoxy) is 3. The van der Waals surface area contributed by atoms with E-state index in [1.807, 2.05) is 12.1 Å². The number of hydrogen-bond donors (Lipinski definition) is 1. The van der Waals surface area contributed by atoms with Crippen molar-refractivity contribution in [2.45, 2.75) is 0 Å². The summed E-state index contributed by atoms with van der Waals surface area (Å²) < 4.78 is 16.0. The minimum absolute atomic E-state index is 0.399. The number of hydrogen-bond acceptors (Lipinski definition) is 8. The fraction of sp³-hybridized carbons (Fsp3) is 0.176. The van der Waals surface area contributed by atoms with Gasteiger partial charge in [-0.3, -0.25) is 4.98 Å². The lowest BCUT2D eigenvalue weighted by Crippen LogP contribution is -2.02. The average molecular weight is 339 g/mol. The van der Waals surface area contributed by atoms with E-state index in [0.717, 1.165) is 5.56 Å². The molecule has 2 aromatic heterocycles. The fourth-order valence-corrected chi connectivity index (χ4v) is 2.28. The highest BCUT2D eigenvalue weighted by Crippen LogP contribution is 2.40. The van der Waals surface area contributed by atoms with Crippen molar-refractivity contribution in [1.29, 1.82) is 0 Å². The van der Waals surface area contributed by atoms with Crippen LogP contribution in [-0.4, -0.2) is 41.3 Å². The van der Waals surface area contributed by atoms with Crippen molar-refractivity contribution in [1.82, 2.24) is 19.9 Å². The molecule has 0 bridgehead atoms. The molecule has 0 aliphatic rings.